The lowest BCUT2D eigenvalue weighted by Gasteiger charge is -2.27. The second-order valence-corrected chi connectivity index (χ2v) is 7.45. The first-order chi connectivity index (χ1) is 9.65. The molecule has 3 rings (SSSR count). The Balaban J connectivity index is 1.62. The Morgan fingerprint density at radius 1 is 1.35 bits per heavy atom. The van der Waals surface area contributed by atoms with E-state index in [-0.39, 0.29) is 5.82 Å². The molecular formula is C17H23BrFN. The molecule has 2 aliphatic rings. The number of halogens is 2. The van der Waals surface area contributed by atoms with E-state index in [2.05, 4.69) is 28.3 Å². The van der Waals surface area contributed by atoms with Gasteiger partial charge in [0.15, 0.2) is 0 Å². The fourth-order valence-electron chi connectivity index (χ4n) is 4.29. The number of hydrogen-bond acceptors (Lipinski definition) is 1. The zero-order valence-corrected chi connectivity index (χ0v) is 13.6. The Morgan fingerprint density at radius 3 is 2.80 bits per heavy atom. The Morgan fingerprint density at radius 2 is 2.20 bits per heavy atom. The first-order valence-electron chi connectivity index (χ1n) is 7.77. The van der Waals surface area contributed by atoms with E-state index in [1.165, 1.54) is 37.7 Å². The van der Waals surface area contributed by atoms with E-state index in [1.807, 2.05) is 6.07 Å². The van der Waals surface area contributed by atoms with Crippen molar-refractivity contribution in [3.8, 4) is 0 Å². The highest BCUT2D eigenvalue weighted by Gasteiger charge is 2.39. The van der Waals surface area contributed by atoms with Gasteiger partial charge < -0.3 is 5.32 Å². The van der Waals surface area contributed by atoms with Gasteiger partial charge >= 0.3 is 0 Å². The number of fused-ring (bicyclic) bond motifs is 2. The molecule has 1 nitrogen and oxygen atoms in total. The topological polar surface area (TPSA) is 12.0 Å². The third-order valence-corrected chi connectivity index (χ3v) is 6.10. The van der Waals surface area contributed by atoms with Gasteiger partial charge in [0.05, 0.1) is 0 Å². The van der Waals surface area contributed by atoms with Crippen LogP contribution < -0.4 is 5.32 Å². The summed E-state index contributed by atoms with van der Waals surface area (Å²) in [5.74, 6) is 2.73. The summed E-state index contributed by atoms with van der Waals surface area (Å²) >= 11 is 3.48. The smallest absolute Gasteiger partial charge is 0.124 e. The molecule has 0 aromatic heterocycles. The minimum atomic E-state index is -0.172. The van der Waals surface area contributed by atoms with Gasteiger partial charge in [0, 0.05) is 10.5 Å². The summed E-state index contributed by atoms with van der Waals surface area (Å²) in [7, 11) is 2.05. The van der Waals surface area contributed by atoms with Crippen molar-refractivity contribution >= 4 is 15.9 Å². The molecule has 0 aliphatic heterocycles. The van der Waals surface area contributed by atoms with Gasteiger partial charge in [-0.3, -0.25) is 0 Å². The molecule has 2 saturated carbocycles. The highest BCUT2D eigenvalue weighted by molar-refractivity contribution is 9.10. The summed E-state index contributed by atoms with van der Waals surface area (Å²) in [5, 5.41) is 3.46. The molecular weight excluding hydrogens is 317 g/mol. The molecule has 0 amide bonds. The van der Waals surface area contributed by atoms with E-state index in [0.717, 1.165) is 28.6 Å². The van der Waals surface area contributed by atoms with Crippen LogP contribution in [-0.4, -0.2) is 13.1 Å². The van der Waals surface area contributed by atoms with Gasteiger partial charge in [-0.1, -0.05) is 28.4 Å². The predicted octanol–water partition coefficient (Wildman–Crippen LogP) is 4.55. The molecule has 1 aromatic rings. The van der Waals surface area contributed by atoms with Crippen LogP contribution in [0.2, 0.25) is 0 Å². The Bertz CT molecular complexity index is 476. The van der Waals surface area contributed by atoms with Crippen molar-refractivity contribution < 1.29 is 4.39 Å². The van der Waals surface area contributed by atoms with Crippen LogP contribution in [0.25, 0.3) is 0 Å². The molecule has 0 radical (unpaired) electrons. The van der Waals surface area contributed by atoms with Crippen LogP contribution in [0.1, 0.15) is 37.7 Å². The second-order valence-electron chi connectivity index (χ2n) is 6.60. The number of likely N-dealkylation sites (N-methyl/N-ethyl adjacent to an activating group) is 1. The van der Waals surface area contributed by atoms with Crippen molar-refractivity contribution in [1.82, 2.24) is 5.32 Å². The van der Waals surface area contributed by atoms with E-state index in [0.29, 0.717) is 6.04 Å². The summed E-state index contributed by atoms with van der Waals surface area (Å²) in [4.78, 5) is 0. The summed E-state index contributed by atoms with van der Waals surface area (Å²) in [6.45, 7) is 0. The zero-order valence-electron chi connectivity index (χ0n) is 12.0. The monoisotopic (exact) mass is 339 g/mol. The molecule has 110 valence electrons. The number of hydrogen-bond donors (Lipinski definition) is 1. The molecule has 0 spiro atoms. The minimum absolute atomic E-state index is 0.172. The van der Waals surface area contributed by atoms with Gasteiger partial charge in [0.2, 0.25) is 0 Å². The Labute approximate surface area is 129 Å². The molecule has 20 heavy (non-hydrogen) atoms. The molecule has 4 unspecified atom stereocenters. The number of nitrogens with one attached hydrogen (secondary N) is 1. The largest absolute Gasteiger partial charge is 0.317 e. The van der Waals surface area contributed by atoms with Crippen LogP contribution >= 0.6 is 15.9 Å². The first-order valence-corrected chi connectivity index (χ1v) is 8.56. The lowest BCUT2D eigenvalue weighted by molar-refractivity contribution is 0.281. The molecule has 2 aliphatic carbocycles. The van der Waals surface area contributed by atoms with Crippen LogP contribution in [0.5, 0.6) is 0 Å². The van der Waals surface area contributed by atoms with Crippen molar-refractivity contribution in [3.63, 3.8) is 0 Å². The maximum Gasteiger partial charge on any atom is 0.124 e. The van der Waals surface area contributed by atoms with Crippen LogP contribution in [0.15, 0.2) is 22.7 Å². The van der Waals surface area contributed by atoms with Gasteiger partial charge in [-0.2, -0.15) is 0 Å². The van der Waals surface area contributed by atoms with Crippen LogP contribution in [0.4, 0.5) is 4.39 Å². The molecule has 2 bridgehead atoms. The normalized spacial score (nSPS) is 29.9. The van der Waals surface area contributed by atoms with Crippen molar-refractivity contribution in [1.29, 1.82) is 0 Å². The standard InChI is InChI=1S/C17H23BrFN/c1-20-16(8-13-4-5-15(19)10-17(13)18)9-14-7-11-2-3-12(14)6-11/h4-5,10-12,14,16,20H,2-3,6-9H2,1H3. The van der Waals surface area contributed by atoms with Gasteiger partial charge in [-0.15, -0.1) is 0 Å². The first kappa shape index (κ1) is 14.5. The average Bonchev–Trinajstić information content (AvgIpc) is 3.03. The molecule has 4 atom stereocenters. The van der Waals surface area contributed by atoms with E-state index < -0.39 is 0 Å². The molecule has 0 heterocycles. The maximum atomic E-state index is 13.2. The molecule has 2 fully saturated rings. The third-order valence-electron chi connectivity index (χ3n) is 5.36. The van der Waals surface area contributed by atoms with E-state index in [1.54, 1.807) is 12.1 Å². The Kier molecular flexibility index (Phi) is 4.46. The fraction of sp³-hybridized carbons (Fsp3) is 0.647. The van der Waals surface area contributed by atoms with Crippen molar-refractivity contribution in [2.75, 3.05) is 7.05 Å². The lowest BCUT2D eigenvalue weighted by atomic mass is 9.83. The number of benzene rings is 1. The summed E-state index contributed by atoms with van der Waals surface area (Å²) in [6.07, 6.45) is 8.07. The SMILES string of the molecule is CNC(Cc1ccc(F)cc1Br)CC1CC2CCC1C2. The minimum Gasteiger partial charge on any atom is -0.317 e. The lowest BCUT2D eigenvalue weighted by Crippen LogP contribution is -2.31. The quantitative estimate of drug-likeness (QED) is 0.829. The van der Waals surface area contributed by atoms with Crippen LogP contribution in [0, 0.1) is 23.6 Å². The van der Waals surface area contributed by atoms with E-state index >= 15 is 0 Å². The van der Waals surface area contributed by atoms with Gasteiger partial charge in [-0.05, 0) is 74.6 Å². The van der Waals surface area contributed by atoms with Crippen LogP contribution in [0.3, 0.4) is 0 Å². The summed E-state index contributed by atoms with van der Waals surface area (Å²) in [6, 6.07) is 5.54. The Hall–Kier alpha value is -0.410. The average molecular weight is 340 g/mol. The highest BCUT2D eigenvalue weighted by Crippen LogP contribution is 2.50. The predicted molar refractivity (Wildman–Crippen MR) is 84.2 cm³/mol. The van der Waals surface area contributed by atoms with Crippen LogP contribution in [-0.2, 0) is 6.42 Å². The van der Waals surface area contributed by atoms with E-state index in [4.69, 9.17) is 0 Å². The fourth-order valence-corrected chi connectivity index (χ4v) is 4.80. The second kappa shape index (κ2) is 6.15. The molecule has 3 heteroatoms. The maximum absolute atomic E-state index is 13.2. The zero-order chi connectivity index (χ0) is 14.1. The molecule has 1 aromatic carbocycles. The van der Waals surface area contributed by atoms with Gasteiger partial charge in [-0.25, -0.2) is 4.39 Å². The summed E-state index contributed by atoms with van der Waals surface area (Å²) in [5.41, 5.74) is 1.20. The molecule has 0 saturated heterocycles. The van der Waals surface area contributed by atoms with Crippen molar-refractivity contribution in [3.05, 3.63) is 34.1 Å². The number of rotatable bonds is 5. The summed E-state index contributed by atoms with van der Waals surface area (Å²) < 4.78 is 14.0. The van der Waals surface area contributed by atoms with Crippen molar-refractivity contribution in [2.45, 2.75) is 44.6 Å². The molecule has 1 N–H and O–H groups in total. The highest BCUT2D eigenvalue weighted by atomic mass is 79.9. The van der Waals surface area contributed by atoms with Gasteiger partial charge in [0.25, 0.3) is 0 Å². The van der Waals surface area contributed by atoms with E-state index in [9.17, 15) is 4.39 Å². The van der Waals surface area contributed by atoms with Gasteiger partial charge in [0.1, 0.15) is 5.82 Å². The van der Waals surface area contributed by atoms with Crippen molar-refractivity contribution in [2.24, 2.45) is 17.8 Å². The third kappa shape index (κ3) is 3.09.